The van der Waals surface area contributed by atoms with Gasteiger partial charge >= 0.3 is 5.97 Å². The van der Waals surface area contributed by atoms with E-state index in [0.717, 1.165) is 0 Å². The molecule has 9 nitrogen and oxygen atoms in total. The highest BCUT2D eigenvalue weighted by atomic mass is 16.6. The van der Waals surface area contributed by atoms with Crippen LogP contribution >= 0.6 is 0 Å². The molecule has 0 aliphatic carbocycles. The monoisotopic (exact) mass is 375 g/mol. The number of hydrogen-bond donors (Lipinski definition) is 2. The number of allylic oxidation sites excluding steroid dienone is 1. The summed E-state index contributed by atoms with van der Waals surface area (Å²) in [4.78, 5) is 40.1. The Morgan fingerprint density at radius 1 is 1.37 bits per heavy atom. The molecule has 0 fully saturated rings. The van der Waals surface area contributed by atoms with Crippen LogP contribution in [0.15, 0.2) is 40.5 Å². The van der Waals surface area contributed by atoms with Gasteiger partial charge in [0.05, 0.1) is 18.6 Å². The summed E-state index contributed by atoms with van der Waals surface area (Å²) in [5, 5.41) is 22.7. The van der Waals surface area contributed by atoms with Crippen molar-refractivity contribution in [3.63, 3.8) is 0 Å². The average Bonchev–Trinajstić information content (AvgIpc) is 2.64. The van der Waals surface area contributed by atoms with Crippen molar-refractivity contribution in [2.45, 2.75) is 19.8 Å². The van der Waals surface area contributed by atoms with Crippen LogP contribution in [-0.2, 0) is 14.3 Å². The van der Waals surface area contributed by atoms with Crippen LogP contribution in [0.2, 0.25) is 0 Å². The molecule has 0 radical (unpaired) electrons. The second-order valence-corrected chi connectivity index (χ2v) is 6.06. The van der Waals surface area contributed by atoms with Gasteiger partial charge in [0.1, 0.15) is 5.92 Å². The number of aliphatic hydroxyl groups is 1. The van der Waals surface area contributed by atoms with E-state index >= 15 is 0 Å². The summed E-state index contributed by atoms with van der Waals surface area (Å²) in [5.74, 6) is -2.78. The van der Waals surface area contributed by atoms with Crippen molar-refractivity contribution in [1.82, 2.24) is 5.32 Å². The first-order valence-corrected chi connectivity index (χ1v) is 8.29. The number of nitrogens with zero attached hydrogens (tertiary/aromatic N) is 2. The van der Waals surface area contributed by atoms with Crippen molar-refractivity contribution >= 4 is 23.3 Å². The zero-order chi connectivity index (χ0) is 20.1. The number of rotatable bonds is 6. The number of amides is 1. The van der Waals surface area contributed by atoms with Gasteiger partial charge in [0.15, 0.2) is 0 Å². The maximum absolute atomic E-state index is 12.7. The minimum Gasteiger partial charge on any atom is -0.468 e. The quantitative estimate of drug-likeness (QED) is 0.438. The first-order valence-electron chi connectivity index (χ1n) is 8.29. The summed E-state index contributed by atoms with van der Waals surface area (Å²) < 4.78 is 4.89. The zero-order valence-electron chi connectivity index (χ0n) is 15.3. The van der Waals surface area contributed by atoms with E-state index in [0.29, 0.717) is 17.0 Å². The van der Waals surface area contributed by atoms with Crippen molar-refractivity contribution in [3.05, 3.63) is 51.2 Å². The Morgan fingerprint density at radius 3 is 2.67 bits per heavy atom. The van der Waals surface area contributed by atoms with E-state index < -0.39 is 28.6 Å². The van der Waals surface area contributed by atoms with Crippen molar-refractivity contribution in [3.8, 4) is 0 Å². The van der Waals surface area contributed by atoms with E-state index in [1.54, 1.807) is 19.9 Å². The van der Waals surface area contributed by atoms with E-state index in [1.165, 1.54) is 25.3 Å². The fraction of sp³-hybridized carbons (Fsp3) is 0.389. The number of aliphatic hydroxyl groups excluding tert-OH is 1. The van der Waals surface area contributed by atoms with Gasteiger partial charge in [-0.1, -0.05) is 12.1 Å². The lowest BCUT2D eigenvalue weighted by molar-refractivity contribution is -0.384. The molecule has 2 unspecified atom stereocenters. The Balaban J connectivity index is 2.64. The number of carbonyl (C=O) groups is 2. The van der Waals surface area contributed by atoms with Crippen LogP contribution in [-0.4, -0.2) is 47.9 Å². The van der Waals surface area contributed by atoms with Crippen molar-refractivity contribution in [2.24, 2.45) is 10.9 Å². The largest absolute Gasteiger partial charge is 0.468 e. The van der Waals surface area contributed by atoms with Gasteiger partial charge in [-0.3, -0.25) is 24.7 Å². The molecule has 27 heavy (non-hydrogen) atoms. The molecule has 1 aliphatic rings. The Morgan fingerprint density at radius 2 is 2.07 bits per heavy atom. The number of carbonyl (C=O) groups excluding carboxylic acids is 2. The predicted octanol–water partition coefficient (Wildman–Crippen LogP) is 1.32. The maximum Gasteiger partial charge on any atom is 0.315 e. The van der Waals surface area contributed by atoms with E-state index in [4.69, 9.17) is 9.84 Å². The second kappa shape index (κ2) is 8.54. The van der Waals surface area contributed by atoms with Gasteiger partial charge < -0.3 is 15.2 Å². The first-order chi connectivity index (χ1) is 12.8. The SMILES string of the molecule is COC(=O)C1C(C)=NC(C)=C(C(=O)NCCO)C1c1cccc([N+](=O)[O-])c1. The number of non-ortho nitro benzene ring substituents is 1. The topological polar surface area (TPSA) is 131 Å². The van der Waals surface area contributed by atoms with Gasteiger partial charge in [-0.15, -0.1) is 0 Å². The third-order valence-electron chi connectivity index (χ3n) is 4.37. The Hall–Kier alpha value is -3.07. The Bertz CT molecular complexity index is 830. The van der Waals surface area contributed by atoms with E-state index in [-0.39, 0.29) is 24.4 Å². The van der Waals surface area contributed by atoms with Gasteiger partial charge in [-0.25, -0.2) is 0 Å². The smallest absolute Gasteiger partial charge is 0.315 e. The molecule has 2 N–H and O–H groups in total. The molecular weight excluding hydrogens is 354 g/mol. The summed E-state index contributed by atoms with van der Waals surface area (Å²) in [6.45, 7) is 3.07. The molecule has 0 saturated carbocycles. The molecule has 2 rings (SSSR count). The van der Waals surface area contributed by atoms with Crippen molar-refractivity contribution in [2.75, 3.05) is 20.3 Å². The molecule has 1 aromatic carbocycles. The van der Waals surface area contributed by atoms with E-state index in [9.17, 15) is 19.7 Å². The van der Waals surface area contributed by atoms with Crippen LogP contribution in [0.3, 0.4) is 0 Å². The van der Waals surface area contributed by atoms with Gasteiger partial charge in [-0.05, 0) is 19.4 Å². The zero-order valence-corrected chi connectivity index (χ0v) is 15.3. The molecule has 0 aromatic heterocycles. The fourth-order valence-electron chi connectivity index (χ4n) is 3.22. The number of ether oxygens (including phenoxy) is 1. The third-order valence-corrected chi connectivity index (χ3v) is 4.37. The number of hydrogen-bond acceptors (Lipinski definition) is 7. The van der Waals surface area contributed by atoms with Crippen molar-refractivity contribution in [1.29, 1.82) is 0 Å². The molecule has 1 aliphatic heterocycles. The lowest BCUT2D eigenvalue weighted by Crippen LogP contribution is -2.39. The van der Waals surface area contributed by atoms with Gasteiger partial charge in [-0.2, -0.15) is 0 Å². The van der Waals surface area contributed by atoms with E-state index in [1.807, 2.05) is 0 Å². The number of nitro groups is 1. The van der Waals surface area contributed by atoms with Crippen LogP contribution in [0, 0.1) is 16.0 Å². The Kier molecular flexibility index (Phi) is 6.40. The second-order valence-electron chi connectivity index (χ2n) is 6.06. The standard InChI is InChI=1S/C18H21N3O6/c1-10-14(17(23)19-7-8-22)16(15(11(2)20-10)18(24)27-3)12-5-4-6-13(9-12)21(25)26/h4-6,9,15-16,22H,7-8H2,1-3H3,(H,19,23). The summed E-state index contributed by atoms with van der Waals surface area (Å²) in [6, 6.07) is 5.80. The lowest BCUT2D eigenvalue weighted by Gasteiger charge is -2.31. The molecule has 144 valence electrons. The third kappa shape index (κ3) is 4.20. The fourth-order valence-corrected chi connectivity index (χ4v) is 3.22. The van der Waals surface area contributed by atoms with Crippen LogP contribution in [0.1, 0.15) is 25.3 Å². The summed E-state index contributed by atoms with van der Waals surface area (Å²) in [5.41, 5.74) is 1.35. The summed E-state index contributed by atoms with van der Waals surface area (Å²) >= 11 is 0. The highest BCUT2D eigenvalue weighted by Gasteiger charge is 2.41. The van der Waals surface area contributed by atoms with Gasteiger partial charge in [0.2, 0.25) is 5.91 Å². The number of esters is 1. The highest BCUT2D eigenvalue weighted by molar-refractivity contribution is 6.07. The van der Waals surface area contributed by atoms with Crippen LogP contribution in [0.4, 0.5) is 5.69 Å². The molecule has 9 heteroatoms. The highest BCUT2D eigenvalue weighted by Crippen LogP contribution is 2.40. The molecule has 1 amide bonds. The molecule has 0 bridgehead atoms. The molecule has 1 aromatic rings. The summed E-state index contributed by atoms with van der Waals surface area (Å²) in [7, 11) is 1.23. The number of methoxy groups -OCH3 is 1. The number of nitrogens with one attached hydrogen (secondary N) is 1. The Labute approximate surface area is 155 Å². The first kappa shape index (κ1) is 20.2. The van der Waals surface area contributed by atoms with Crippen LogP contribution < -0.4 is 5.32 Å². The van der Waals surface area contributed by atoms with Gasteiger partial charge in [0.25, 0.3) is 5.69 Å². The van der Waals surface area contributed by atoms with E-state index in [2.05, 4.69) is 10.3 Å². The number of nitro benzene ring substituents is 1. The molecule has 2 atom stereocenters. The minimum absolute atomic E-state index is 0.0306. The molecule has 1 heterocycles. The molecular formula is C18H21N3O6. The van der Waals surface area contributed by atoms with Crippen LogP contribution in [0.5, 0.6) is 0 Å². The number of benzene rings is 1. The lowest BCUT2D eigenvalue weighted by atomic mass is 9.75. The normalized spacial score (nSPS) is 19.3. The average molecular weight is 375 g/mol. The van der Waals surface area contributed by atoms with Crippen LogP contribution in [0.25, 0.3) is 0 Å². The molecule has 0 saturated heterocycles. The maximum atomic E-state index is 12.7. The minimum atomic E-state index is -0.893. The predicted molar refractivity (Wildman–Crippen MR) is 97.2 cm³/mol. The number of aliphatic imine (C=N–C) groups is 1. The summed E-state index contributed by atoms with van der Waals surface area (Å²) in [6.07, 6.45) is 0. The van der Waals surface area contributed by atoms with Gasteiger partial charge in [0, 0.05) is 41.6 Å². The van der Waals surface area contributed by atoms with Crippen molar-refractivity contribution < 1.29 is 24.4 Å². The molecule has 0 spiro atoms.